The molecule has 0 aromatic heterocycles. The van der Waals surface area contributed by atoms with Crippen LogP contribution in [0, 0.1) is 0 Å². The lowest BCUT2D eigenvalue weighted by atomic mass is 10.2. The molecule has 0 radical (unpaired) electrons. The third-order valence-electron chi connectivity index (χ3n) is 3.79. The molecule has 1 amide bonds. The highest BCUT2D eigenvalue weighted by Crippen LogP contribution is 2.35. The SMILES string of the molecule is COc1ccc(CNC(=O)CCNc2cc(OC)c(Cl)cc2OC)cc1. The van der Waals surface area contributed by atoms with Crippen molar-refractivity contribution in [1.29, 1.82) is 0 Å². The molecule has 2 aromatic rings. The lowest BCUT2D eigenvalue weighted by Crippen LogP contribution is -2.24. The van der Waals surface area contributed by atoms with Gasteiger partial charge in [0.25, 0.3) is 0 Å². The maximum atomic E-state index is 12.0. The molecule has 0 unspecified atom stereocenters. The van der Waals surface area contributed by atoms with E-state index in [9.17, 15) is 4.79 Å². The van der Waals surface area contributed by atoms with E-state index in [1.54, 1.807) is 33.5 Å². The fraction of sp³-hybridized carbons (Fsp3) is 0.316. The summed E-state index contributed by atoms with van der Waals surface area (Å²) in [5.74, 6) is 1.87. The molecule has 2 rings (SSSR count). The van der Waals surface area contributed by atoms with E-state index in [-0.39, 0.29) is 5.91 Å². The van der Waals surface area contributed by atoms with E-state index in [1.807, 2.05) is 24.3 Å². The Morgan fingerprint density at radius 3 is 2.31 bits per heavy atom. The van der Waals surface area contributed by atoms with Gasteiger partial charge in [0.05, 0.1) is 32.0 Å². The second kappa shape index (κ2) is 9.77. The predicted octanol–water partition coefficient (Wildman–Crippen LogP) is 3.48. The summed E-state index contributed by atoms with van der Waals surface area (Å²) in [5.41, 5.74) is 1.73. The quantitative estimate of drug-likeness (QED) is 0.699. The van der Waals surface area contributed by atoms with E-state index in [1.165, 1.54) is 0 Å². The Bertz CT molecular complexity index is 735. The maximum Gasteiger partial charge on any atom is 0.222 e. The number of amides is 1. The zero-order valence-electron chi connectivity index (χ0n) is 15.1. The number of methoxy groups -OCH3 is 3. The lowest BCUT2D eigenvalue weighted by Gasteiger charge is -2.14. The van der Waals surface area contributed by atoms with Crippen molar-refractivity contribution < 1.29 is 19.0 Å². The van der Waals surface area contributed by atoms with E-state index in [4.69, 9.17) is 25.8 Å². The Kier molecular flexibility index (Phi) is 7.41. The molecule has 0 heterocycles. The van der Waals surface area contributed by atoms with Crippen molar-refractivity contribution in [2.45, 2.75) is 13.0 Å². The molecule has 2 aromatic carbocycles. The fourth-order valence-corrected chi connectivity index (χ4v) is 2.57. The first kappa shape index (κ1) is 19.7. The van der Waals surface area contributed by atoms with Gasteiger partial charge in [-0.25, -0.2) is 0 Å². The van der Waals surface area contributed by atoms with E-state index in [2.05, 4.69) is 10.6 Å². The van der Waals surface area contributed by atoms with Gasteiger partial charge in [0.2, 0.25) is 5.91 Å². The van der Waals surface area contributed by atoms with Crippen LogP contribution in [0.1, 0.15) is 12.0 Å². The summed E-state index contributed by atoms with van der Waals surface area (Å²) >= 11 is 6.08. The first-order chi connectivity index (χ1) is 12.6. The number of hydrogen-bond donors (Lipinski definition) is 2. The number of rotatable bonds is 9. The Labute approximate surface area is 158 Å². The monoisotopic (exact) mass is 378 g/mol. The summed E-state index contributed by atoms with van der Waals surface area (Å²) < 4.78 is 15.6. The number of hydrogen-bond acceptors (Lipinski definition) is 5. The van der Waals surface area contributed by atoms with Crippen molar-refractivity contribution in [2.24, 2.45) is 0 Å². The van der Waals surface area contributed by atoms with Crippen LogP contribution in [0.4, 0.5) is 5.69 Å². The van der Waals surface area contributed by atoms with Gasteiger partial charge in [-0.05, 0) is 17.7 Å². The minimum absolute atomic E-state index is 0.0480. The minimum Gasteiger partial charge on any atom is -0.497 e. The molecular formula is C19H23ClN2O4. The van der Waals surface area contributed by atoms with E-state index in [0.717, 1.165) is 17.0 Å². The molecule has 0 atom stereocenters. The first-order valence-corrected chi connectivity index (χ1v) is 8.50. The van der Waals surface area contributed by atoms with Crippen LogP contribution in [0.3, 0.4) is 0 Å². The number of nitrogens with one attached hydrogen (secondary N) is 2. The molecule has 0 saturated heterocycles. The number of carbonyl (C=O) groups excluding carboxylic acids is 1. The van der Waals surface area contributed by atoms with E-state index < -0.39 is 0 Å². The van der Waals surface area contributed by atoms with Crippen molar-refractivity contribution in [3.8, 4) is 17.2 Å². The molecule has 0 saturated carbocycles. The van der Waals surface area contributed by atoms with Crippen molar-refractivity contribution in [3.63, 3.8) is 0 Å². The van der Waals surface area contributed by atoms with Gasteiger partial charge in [-0.15, -0.1) is 0 Å². The second-order valence-corrected chi connectivity index (χ2v) is 5.90. The Morgan fingerprint density at radius 2 is 1.69 bits per heavy atom. The van der Waals surface area contributed by atoms with Gasteiger partial charge in [0.15, 0.2) is 0 Å². The fourth-order valence-electron chi connectivity index (χ4n) is 2.34. The lowest BCUT2D eigenvalue weighted by molar-refractivity contribution is -0.121. The van der Waals surface area contributed by atoms with E-state index >= 15 is 0 Å². The number of carbonyl (C=O) groups is 1. The smallest absolute Gasteiger partial charge is 0.222 e. The van der Waals surface area contributed by atoms with Crippen molar-refractivity contribution in [2.75, 3.05) is 33.2 Å². The summed E-state index contributed by atoms with van der Waals surface area (Å²) in [5, 5.41) is 6.52. The van der Waals surface area contributed by atoms with Gasteiger partial charge in [0, 0.05) is 31.6 Å². The molecule has 7 heteroatoms. The first-order valence-electron chi connectivity index (χ1n) is 8.12. The van der Waals surface area contributed by atoms with Gasteiger partial charge in [-0.2, -0.15) is 0 Å². The number of ether oxygens (including phenoxy) is 3. The maximum absolute atomic E-state index is 12.0. The Morgan fingerprint density at radius 1 is 1.00 bits per heavy atom. The Hall–Kier alpha value is -2.60. The standard InChI is InChI=1S/C19H23ClN2O4/c1-24-14-6-4-13(5-7-14)12-22-19(23)8-9-21-16-11-17(25-2)15(20)10-18(16)26-3/h4-7,10-11,21H,8-9,12H2,1-3H3,(H,22,23). The normalized spacial score (nSPS) is 10.2. The predicted molar refractivity (Wildman–Crippen MR) is 103 cm³/mol. The second-order valence-electron chi connectivity index (χ2n) is 5.49. The number of halogens is 1. The van der Waals surface area contributed by atoms with Crippen LogP contribution in [-0.4, -0.2) is 33.8 Å². The molecule has 6 nitrogen and oxygen atoms in total. The molecule has 2 N–H and O–H groups in total. The van der Waals surface area contributed by atoms with Gasteiger partial charge in [0.1, 0.15) is 17.2 Å². The molecule has 0 fully saturated rings. The summed E-state index contributed by atoms with van der Waals surface area (Å²) in [4.78, 5) is 12.0. The van der Waals surface area contributed by atoms with Crippen LogP contribution in [-0.2, 0) is 11.3 Å². The molecule has 0 aliphatic carbocycles. The van der Waals surface area contributed by atoms with Gasteiger partial charge >= 0.3 is 0 Å². The average molecular weight is 379 g/mol. The minimum atomic E-state index is -0.0480. The molecule has 0 bridgehead atoms. The van der Waals surface area contributed by atoms with Crippen LogP contribution in [0.5, 0.6) is 17.2 Å². The molecule has 26 heavy (non-hydrogen) atoms. The zero-order valence-corrected chi connectivity index (χ0v) is 15.9. The van der Waals surface area contributed by atoms with Crippen LogP contribution in [0.2, 0.25) is 5.02 Å². The molecular weight excluding hydrogens is 356 g/mol. The van der Waals surface area contributed by atoms with Gasteiger partial charge in [-0.1, -0.05) is 23.7 Å². The van der Waals surface area contributed by atoms with Crippen molar-refractivity contribution in [1.82, 2.24) is 5.32 Å². The van der Waals surface area contributed by atoms with Crippen LogP contribution in [0.25, 0.3) is 0 Å². The topological polar surface area (TPSA) is 68.8 Å². The van der Waals surface area contributed by atoms with Crippen molar-refractivity contribution >= 4 is 23.2 Å². The third kappa shape index (κ3) is 5.46. The zero-order chi connectivity index (χ0) is 18.9. The average Bonchev–Trinajstić information content (AvgIpc) is 2.67. The van der Waals surface area contributed by atoms with E-state index in [0.29, 0.717) is 36.0 Å². The summed E-state index contributed by atoms with van der Waals surface area (Å²) in [6, 6.07) is 11.0. The van der Waals surface area contributed by atoms with Crippen LogP contribution >= 0.6 is 11.6 Å². The molecule has 140 valence electrons. The number of benzene rings is 2. The van der Waals surface area contributed by atoms with Gasteiger partial charge in [-0.3, -0.25) is 4.79 Å². The highest BCUT2D eigenvalue weighted by molar-refractivity contribution is 6.32. The number of anilines is 1. The summed E-state index contributed by atoms with van der Waals surface area (Å²) in [7, 11) is 4.73. The van der Waals surface area contributed by atoms with Crippen molar-refractivity contribution in [3.05, 3.63) is 47.0 Å². The third-order valence-corrected chi connectivity index (χ3v) is 4.09. The summed E-state index contributed by atoms with van der Waals surface area (Å²) in [6.45, 7) is 0.927. The highest BCUT2D eigenvalue weighted by atomic mass is 35.5. The van der Waals surface area contributed by atoms with Crippen LogP contribution < -0.4 is 24.8 Å². The van der Waals surface area contributed by atoms with Gasteiger partial charge < -0.3 is 24.8 Å². The molecule has 0 aliphatic heterocycles. The summed E-state index contributed by atoms with van der Waals surface area (Å²) in [6.07, 6.45) is 0.324. The largest absolute Gasteiger partial charge is 0.497 e. The molecule has 0 spiro atoms. The Balaban J connectivity index is 1.82. The molecule has 0 aliphatic rings. The van der Waals surface area contributed by atoms with Crippen LogP contribution in [0.15, 0.2) is 36.4 Å². The highest BCUT2D eigenvalue weighted by Gasteiger charge is 2.10.